The molecule has 0 amide bonds. The molecule has 0 radical (unpaired) electrons. The van der Waals surface area contributed by atoms with E-state index >= 15 is 0 Å². The fourth-order valence-corrected chi connectivity index (χ4v) is 3.23. The molecule has 3 rings (SSSR count). The molecule has 0 bridgehead atoms. The normalized spacial score (nSPS) is 9.88. The predicted molar refractivity (Wildman–Crippen MR) is 111 cm³/mol. The van der Waals surface area contributed by atoms with Gasteiger partial charge in [0.1, 0.15) is 5.82 Å². The number of nitrogen functional groups attached to an aromatic ring is 2. The Morgan fingerprint density at radius 1 is 1.19 bits per heavy atom. The number of carbonyl (C=O) groups excluding carboxylic acids is 1. The third-order valence-corrected chi connectivity index (χ3v) is 4.70. The fraction of sp³-hybridized carbons (Fsp3) is 0.100. The van der Waals surface area contributed by atoms with Crippen LogP contribution in [0.3, 0.4) is 0 Å². The Bertz CT molecular complexity index is 889. The predicted octanol–water partition coefficient (Wildman–Crippen LogP) is 3.84. The maximum atomic E-state index is 10.6. The summed E-state index contributed by atoms with van der Waals surface area (Å²) in [6.07, 6.45) is 4.17. The van der Waals surface area contributed by atoms with E-state index in [0.29, 0.717) is 10.7 Å². The molecule has 3 aromatic rings. The molecule has 0 fully saturated rings. The molecule has 0 aliphatic heterocycles. The molecule has 0 aliphatic rings. The van der Waals surface area contributed by atoms with Crippen LogP contribution >= 0.6 is 11.3 Å². The lowest BCUT2D eigenvalue weighted by Crippen LogP contribution is -2.06. The second-order valence-corrected chi connectivity index (χ2v) is 6.53. The highest BCUT2D eigenvalue weighted by molar-refractivity contribution is 7.17. The van der Waals surface area contributed by atoms with Crippen LogP contribution in [0.25, 0.3) is 16.5 Å². The van der Waals surface area contributed by atoms with E-state index < -0.39 is 0 Å². The Kier molecular flexibility index (Phi) is 7.08. The Labute approximate surface area is 157 Å². The Morgan fingerprint density at radius 2 is 1.96 bits per heavy atom. The minimum atomic E-state index is 0.452. The lowest BCUT2D eigenvalue weighted by atomic mass is 10.1. The number of anilines is 2. The molecule has 2 heterocycles. The maximum Gasteiger partial charge on any atom is 0.160 e. The largest absolute Gasteiger partial charge is 0.398 e. The van der Waals surface area contributed by atoms with Gasteiger partial charge in [-0.3, -0.25) is 4.79 Å². The van der Waals surface area contributed by atoms with Crippen LogP contribution in [0.2, 0.25) is 0 Å². The van der Waals surface area contributed by atoms with Crippen molar-refractivity contribution in [3.63, 3.8) is 0 Å². The number of aromatic nitrogens is 1. The summed E-state index contributed by atoms with van der Waals surface area (Å²) in [5.41, 5.74) is 15.2. The van der Waals surface area contributed by atoms with Gasteiger partial charge in [-0.25, -0.2) is 4.98 Å². The van der Waals surface area contributed by atoms with Crippen LogP contribution in [0.5, 0.6) is 0 Å². The van der Waals surface area contributed by atoms with E-state index in [-0.39, 0.29) is 0 Å². The number of aldehydes is 1. The van der Waals surface area contributed by atoms with E-state index in [2.05, 4.69) is 16.9 Å². The first-order valence-electron chi connectivity index (χ1n) is 8.01. The van der Waals surface area contributed by atoms with E-state index in [1.54, 1.807) is 18.3 Å². The highest BCUT2D eigenvalue weighted by Gasteiger charge is 2.08. The smallest absolute Gasteiger partial charge is 0.160 e. The summed E-state index contributed by atoms with van der Waals surface area (Å²) in [6, 6.07) is 13.4. The third-order valence-electron chi connectivity index (χ3n) is 3.66. The van der Waals surface area contributed by atoms with E-state index in [1.165, 1.54) is 11.3 Å². The fourth-order valence-electron chi connectivity index (χ4n) is 2.37. The summed E-state index contributed by atoms with van der Waals surface area (Å²) in [7, 11) is 1.91. The number of nitrogens with two attached hydrogens (primary N) is 2. The summed E-state index contributed by atoms with van der Waals surface area (Å²) >= 11 is 1.43. The standard InChI is InChI=1S/C12H10N2OS.C8H12N2/c1-2-9-10(5-6-14-12(9)13)11-4-3-8(7-15)16-11;1-10-6-7-4-2-3-5-8(7)9/h2-7H,1H2,(H2,13,14);2-5,10H,6,9H2,1H3. The van der Waals surface area contributed by atoms with Crippen LogP contribution in [-0.2, 0) is 6.54 Å². The van der Waals surface area contributed by atoms with Gasteiger partial charge < -0.3 is 16.8 Å². The number of rotatable bonds is 5. The van der Waals surface area contributed by atoms with Crippen molar-refractivity contribution in [2.45, 2.75) is 6.54 Å². The molecule has 0 spiro atoms. The van der Waals surface area contributed by atoms with Crippen LogP contribution in [-0.4, -0.2) is 18.3 Å². The number of thiophene rings is 1. The van der Waals surface area contributed by atoms with Gasteiger partial charge in [0.25, 0.3) is 0 Å². The van der Waals surface area contributed by atoms with Crippen LogP contribution < -0.4 is 16.8 Å². The minimum absolute atomic E-state index is 0.452. The van der Waals surface area contributed by atoms with Gasteiger partial charge in [-0.2, -0.15) is 0 Å². The number of carbonyl (C=O) groups is 1. The number of benzene rings is 1. The van der Waals surface area contributed by atoms with E-state index in [1.807, 2.05) is 43.4 Å². The molecule has 5 nitrogen and oxygen atoms in total. The average molecular weight is 366 g/mol. The van der Waals surface area contributed by atoms with Gasteiger partial charge >= 0.3 is 0 Å². The van der Waals surface area contributed by atoms with Gasteiger partial charge in [-0.05, 0) is 36.9 Å². The molecule has 5 N–H and O–H groups in total. The zero-order valence-electron chi connectivity index (χ0n) is 14.6. The van der Waals surface area contributed by atoms with Crippen molar-refractivity contribution in [2.75, 3.05) is 18.5 Å². The van der Waals surface area contributed by atoms with Crippen LogP contribution in [0.4, 0.5) is 11.5 Å². The highest BCUT2D eigenvalue weighted by Crippen LogP contribution is 2.32. The van der Waals surface area contributed by atoms with Crippen molar-refractivity contribution in [3.05, 3.63) is 71.2 Å². The van der Waals surface area contributed by atoms with Crippen LogP contribution in [0.15, 0.2) is 55.2 Å². The molecule has 0 unspecified atom stereocenters. The lowest BCUT2D eigenvalue weighted by molar-refractivity contribution is 0.112. The van der Waals surface area contributed by atoms with Crippen molar-refractivity contribution in [2.24, 2.45) is 0 Å². The van der Waals surface area contributed by atoms with Gasteiger partial charge in [-0.15, -0.1) is 11.3 Å². The monoisotopic (exact) mass is 366 g/mol. The molecular formula is C20H22N4OS. The Balaban J connectivity index is 0.000000209. The van der Waals surface area contributed by atoms with Gasteiger partial charge in [0.2, 0.25) is 0 Å². The van der Waals surface area contributed by atoms with Gasteiger partial charge in [-0.1, -0.05) is 30.9 Å². The molecule has 1 aromatic carbocycles. The summed E-state index contributed by atoms with van der Waals surface area (Å²) in [4.78, 5) is 16.3. The number of nitrogens with zero attached hydrogens (tertiary/aromatic N) is 1. The van der Waals surface area contributed by atoms with Crippen LogP contribution in [0.1, 0.15) is 20.8 Å². The zero-order valence-corrected chi connectivity index (χ0v) is 15.4. The van der Waals surface area contributed by atoms with Gasteiger partial charge in [0.05, 0.1) is 4.88 Å². The molecule has 0 saturated carbocycles. The SMILES string of the molecule is C=Cc1c(-c2ccc(C=O)s2)ccnc1N.CNCc1ccccc1N. The molecule has 2 aromatic heterocycles. The topological polar surface area (TPSA) is 94.0 Å². The number of hydrogen-bond acceptors (Lipinski definition) is 6. The summed E-state index contributed by atoms with van der Waals surface area (Å²) in [6.45, 7) is 4.56. The highest BCUT2D eigenvalue weighted by atomic mass is 32.1. The average Bonchev–Trinajstić information content (AvgIpc) is 3.13. The van der Waals surface area contributed by atoms with Crippen molar-refractivity contribution < 1.29 is 4.79 Å². The Hall–Kier alpha value is -2.96. The van der Waals surface area contributed by atoms with Crippen molar-refractivity contribution in [1.82, 2.24) is 10.3 Å². The van der Waals surface area contributed by atoms with Crippen molar-refractivity contribution >= 4 is 35.2 Å². The molecular weight excluding hydrogens is 344 g/mol. The molecule has 0 atom stereocenters. The molecule has 26 heavy (non-hydrogen) atoms. The molecule has 0 saturated heterocycles. The number of nitrogens with one attached hydrogen (secondary N) is 1. The van der Waals surface area contributed by atoms with E-state index in [0.717, 1.165) is 40.1 Å². The number of hydrogen-bond donors (Lipinski definition) is 3. The van der Waals surface area contributed by atoms with Crippen molar-refractivity contribution in [1.29, 1.82) is 0 Å². The third kappa shape index (κ3) is 4.78. The number of pyridine rings is 1. The summed E-state index contributed by atoms with van der Waals surface area (Å²) in [5.74, 6) is 0.452. The minimum Gasteiger partial charge on any atom is -0.398 e. The van der Waals surface area contributed by atoms with Crippen LogP contribution in [0, 0.1) is 0 Å². The summed E-state index contributed by atoms with van der Waals surface area (Å²) < 4.78 is 0. The van der Waals surface area contributed by atoms with E-state index in [9.17, 15) is 4.79 Å². The number of para-hydroxylation sites is 1. The Morgan fingerprint density at radius 3 is 2.58 bits per heavy atom. The van der Waals surface area contributed by atoms with Gasteiger partial charge in [0.15, 0.2) is 6.29 Å². The van der Waals surface area contributed by atoms with Crippen molar-refractivity contribution in [3.8, 4) is 10.4 Å². The van der Waals surface area contributed by atoms with Gasteiger partial charge in [0, 0.05) is 34.4 Å². The second kappa shape index (κ2) is 9.50. The molecule has 134 valence electrons. The lowest BCUT2D eigenvalue weighted by Gasteiger charge is -2.05. The second-order valence-electron chi connectivity index (χ2n) is 5.41. The van der Waals surface area contributed by atoms with E-state index in [4.69, 9.17) is 11.5 Å². The first-order chi connectivity index (χ1) is 12.6. The molecule has 0 aliphatic carbocycles. The quantitative estimate of drug-likeness (QED) is 0.471. The zero-order chi connectivity index (χ0) is 18.9. The maximum absolute atomic E-state index is 10.6. The first-order valence-corrected chi connectivity index (χ1v) is 8.82. The summed E-state index contributed by atoms with van der Waals surface area (Å²) in [5, 5.41) is 3.04. The first kappa shape index (κ1) is 19.4. The molecule has 6 heteroatoms.